The first-order valence-electron chi connectivity index (χ1n) is 7.81. The summed E-state index contributed by atoms with van der Waals surface area (Å²) in [6.07, 6.45) is 5.39. The smallest absolute Gasteiger partial charge is 0.210 e. The molecule has 1 heterocycles. The van der Waals surface area contributed by atoms with Gasteiger partial charge in [0.1, 0.15) is 5.82 Å². The van der Waals surface area contributed by atoms with Gasteiger partial charge >= 0.3 is 0 Å². The Hall–Kier alpha value is -1.24. The summed E-state index contributed by atoms with van der Waals surface area (Å²) in [5, 5.41) is 2.03. The molecule has 0 bridgehead atoms. The van der Waals surface area contributed by atoms with E-state index in [0.717, 1.165) is 31.7 Å². The SMILES string of the molecule is O=S(=O)(NCC1(c2cccs2)CCCCC1)c1cccc(F)c1. The Morgan fingerprint density at radius 1 is 1.13 bits per heavy atom. The molecule has 0 aliphatic heterocycles. The number of hydrogen-bond donors (Lipinski definition) is 1. The lowest BCUT2D eigenvalue weighted by atomic mass is 9.73. The predicted octanol–water partition coefficient (Wildman–Crippen LogP) is 4.07. The Kier molecular flexibility index (Phi) is 4.85. The molecule has 2 aromatic rings. The molecule has 1 aromatic carbocycles. The van der Waals surface area contributed by atoms with Gasteiger partial charge in [-0.2, -0.15) is 0 Å². The van der Waals surface area contributed by atoms with E-state index in [0.29, 0.717) is 6.54 Å². The monoisotopic (exact) mass is 353 g/mol. The van der Waals surface area contributed by atoms with Gasteiger partial charge < -0.3 is 0 Å². The first-order valence-corrected chi connectivity index (χ1v) is 10.2. The number of halogens is 1. The summed E-state index contributed by atoms with van der Waals surface area (Å²) in [5.74, 6) is -0.543. The van der Waals surface area contributed by atoms with Gasteiger partial charge in [-0.05, 0) is 42.5 Å². The van der Waals surface area contributed by atoms with Crippen LogP contribution in [0.15, 0.2) is 46.7 Å². The maximum Gasteiger partial charge on any atom is 0.240 e. The minimum Gasteiger partial charge on any atom is -0.210 e. The van der Waals surface area contributed by atoms with Crippen molar-refractivity contribution in [3.8, 4) is 0 Å². The van der Waals surface area contributed by atoms with E-state index in [-0.39, 0.29) is 10.3 Å². The standard InChI is InChI=1S/C17H20FNO2S2/c18-14-6-4-7-15(12-14)23(20,21)19-13-17(9-2-1-3-10-17)16-8-5-11-22-16/h4-8,11-12,19H,1-3,9-10,13H2. The van der Waals surface area contributed by atoms with Gasteiger partial charge in [0.25, 0.3) is 0 Å². The van der Waals surface area contributed by atoms with Crippen LogP contribution >= 0.6 is 11.3 Å². The van der Waals surface area contributed by atoms with Gasteiger partial charge in [0, 0.05) is 16.8 Å². The molecule has 1 saturated carbocycles. The fraction of sp³-hybridized carbons (Fsp3) is 0.412. The minimum absolute atomic E-state index is 0.0189. The lowest BCUT2D eigenvalue weighted by Crippen LogP contribution is -2.41. The van der Waals surface area contributed by atoms with Crippen LogP contribution in [0.4, 0.5) is 4.39 Å². The molecule has 0 spiro atoms. The highest BCUT2D eigenvalue weighted by atomic mass is 32.2. The van der Waals surface area contributed by atoms with E-state index < -0.39 is 15.8 Å². The van der Waals surface area contributed by atoms with Crippen molar-refractivity contribution in [2.45, 2.75) is 42.4 Å². The lowest BCUT2D eigenvalue weighted by Gasteiger charge is -2.36. The van der Waals surface area contributed by atoms with Gasteiger partial charge in [-0.25, -0.2) is 17.5 Å². The molecular weight excluding hydrogens is 333 g/mol. The molecule has 1 fully saturated rings. The van der Waals surface area contributed by atoms with E-state index in [2.05, 4.69) is 10.8 Å². The van der Waals surface area contributed by atoms with Crippen molar-refractivity contribution in [1.82, 2.24) is 4.72 Å². The molecule has 23 heavy (non-hydrogen) atoms. The van der Waals surface area contributed by atoms with Crippen LogP contribution in [0.2, 0.25) is 0 Å². The summed E-state index contributed by atoms with van der Waals surface area (Å²) in [6, 6.07) is 9.24. The van der Waals surface area contributed by atoms with Gasteiger partial charge in [-0.1, -0.05) is 31.4 Å². The summed E-state index contributed by atoms with van der Waals surface area (Å²) in [6.45, 7) is 0.367. The molecule has 0 unspecified atom stereocenters. The average molecular weight is 353 g/mol. The van der Waals surface area contributed by atoms with E-state index >= 15 is 0 Å². The van der Waals surface area contributed by atoms with Crippen molar-refractivity contribution in [3.05, 3.63) is 52.5 Å². The molecule has 3 rings (SSSR count). The molecule has 0 radical (unpaired) electrons. The number of rotatable bonds is 5. The molecule has 1 aromatic heterocycles. The van der Waals surface area contributed by atoms with Crippen LogP contribution in [-0.4, -0.2) is 15.0 Å². The number of benzene rings is 1. The van der Waals surface area contributed by atoms with Crippen LogP contribution in [0, 0.1) is 5.82 Å². The third-order valence-corrected chi connectivity index (χ3v) is 7.08. The number of hydrogen-bond acceptors (Lipinski definition) is 3. The Morgan fingerprint density at radius 2 is 1.91 bits per heavy atom. The van der Waals surface area contributed by atoms with Crippen molar-refractivity contribution in [3.63, 3.8) is 0 Å². The van der Waals surface area contributed by atoms with Crippen molar-refractivity contribution in [1.29, 1.82) is 0 Å². The van der Waals surface area contributed by atoms with Crippen molar-refractivity contribution in [2.75, 3.05) is 6.54 Å². The second-order valence-electron chi connectivity index (χ2n) is 6.10. The molecule has 0 amide bonds. The van der Waals surface area contributed by atoms with Crippen molar-refractivity contribution >= 4 is 21.4 Å². The molecule has 124 valence electrons. The summed E-state index contributed by atoms with van der Waals surface area (Å²) < 4.78 is 40.9. The van der Waals surface area contributed by atoms with Crippen LogP contribution in [0.1, 0.15) is 37.0 Å². The second kappa shape index (κ2) is 6.71. The lowest BCUT2D eigenvalue weighted by molar-refractivity contribution is 0.298. The topological polar surface area (TPSA) is 46.2 Å². The number of thiophene rings is 1. The highest BCUT2D eigenvalue weighted by Gasteiger charge is 2.36. The Labute approximate surface area is 140 Å². The fourth-order valence-electron chi connectivity index (χ4n) is 3.27. The van der Waals surface area contributed by atoms with Crippen molar-refractivity contribution < 1.29 is 12.8 Å². The summed E-state index contributed by atoms with van der Waals surface area (Å²) in [4.78, 5) is 1.22. The summed E-state index contributed by atoms with van der Waals surface area (Å²) >= 11 is 1.68. The molecule has 1 N–H and O–H groups in total. The molecule has 0 atom stereocenters. The zero-order valence-corrected chi connectivity index (χ0v) is 14.4. The fourth-order valence-corrected chi connectivity index (χ4v) is 5.42. The molecule has 1 aliphatic carbocycles. The quantitative estimate of drug-likeness (QED) is 0.881. The normalized spacial score (nSPS) is 18.0. The largest absolute Gasteiger partial charge is 0.240 e. The Bertz CT molecular complexity index is 751. The van der Waals surface area contributed by atoms with Gasteiger partial charge in [0.05, 0.1) is 4.90 Å². The maximum atomic E-state index is 13.3. The summed E-state index contributed by atoms with van der Waals surface area (Å²) in [5.41, 5.74) is -0.132. The third kappa shape index (κ3) is 3.65. The van der Waals surface area contributed by atoms with E-state index in [1.807, 2.05) is 11.4 Å². The van der Waals surface area contributed by atoms with E-state index in [1.165, 1.54) is 29.5 Å². The van der Waals surface area contributed by atoms with Crippen LogP contribution in [-0.2, 0) is 15.4 Å². The highest BCUT2D eigenvalue weighted by molar-refractivity contribution is 7.89. The van der Waals surface area contributed by atoms with Crippen molar-refractivity contribution in [2.24, 2.45) is 0 Å². The predicted molar refractivity (Wildman–Crippen MR) is 90.7 cm³/mol. The van der Waals surface area contributed by atoms with Gasteiger partial charge in [-0.15, -0.1) is 11.3 Å². The first-order chi connectivity index (χ1) is 11.0. The molecule has 6 heteroatoms. The highest BCUT2D eigenvalue weighted by Crippen LogP contribution is 2.41. The molecular formula is C17H20FNO2S2. The number of sulfonamides is 1. The van der Waals surface area contributed by atoms with E-state index in [4.69, 9.17) is 0 Å². The van der Waals surface area contributed by atoms with E-state index in [9.17, 15) is 12.8 Å². The molecule has 1 aliphatic rings. The average Bonchev–Trinajstić information content (AvgIpc) is 3.09. The van der Waals surface area contributed by atoms with Gasteiger partial charge in [-0.3, -0.25) is 0 Å². The van der Waals surface area contributed by atoms with E-state index in [1.54, 1.807) is 11.3 Å². The molecule has 3 nitrogen and oxygen atoms in total. The van der Waals surface area contributed by atoms with Crippen LogP contribution in [0.5, 0.6) is 0 Å². The van der Waals surface area contributed by atoms with Gasteiger partial charge in [0.15, 0.2) is 0 Å². The van der Waals surface area contributed by atoms with Crippen LogP contribution in [0.25, 0.3) is 0 Å². The third-order valence-electron chi connectivity index (χ3n) is 4.56. The first kappa shape index (κ1) is 16.6. The second-order valence-corrected chi connectivity index (χ2v) is 8.81. The summed E-state index contributed by atoms with van der Waals surface area (Å²) in [7, 11) is -3.70. The van der Waals surface area contributed by atoms with Crippen LogP contribution < -0.4 is 4.72 Å². The minimum atomic E-state index is -3.70. The Morgan fingerprint density at radius 3 is 2.57 bits per heavy atom. The number of nitrogens with one attached hydrogen (secondary N) is 1. The molecule has 0 saturated heterocycles. The van der Waals surface area contributed by atoms with Gasteiger partial charge in [0.2, 0.25) is 10.0 Å². The zero-order chi connectivity index (χ0) is 16.3. The maximum absolute atomic E-state index is 13.3. The zero-order valence-electron chi connectivity index (χ0n) is 12.8. The van der Waals surface area contributed by atoms with Crippen LogP contribution in [0.3, 0.4) is 0 Å². The Balaban J connectivity index is 1.82.